The summed E-state index contributed by atoms with van der Waals surface area (Å²) in [5.74, 6) is -0.711. The smallest absolute Gasteiger partial charge is 0.282 e. The quantitative estimate of drug-likeness (QED) is 0.680. The molecule has 7 nitrogen and oxygen atoms in total. The van der Waals surface area contributed by atoms with Crippen molar-refractivity contribution in [2.24, 2.45) is 0 Å². The first-order valence-electron chi connectivity index (χ1n) is 6.73. The second kappa shape index (κ2) is 5.27. The Balaban J connectivity index is 1.73. The Morgan fingerprint density at radius 3 is 2.26 bits per heavy atom. The predicted octanol–water partition coefficient (Wildman–Crippen LogP) is -0.598. The lowest BCUT2D eigenvalue weighted by atomic mass is 10.1. The largest absolute Gasteiger partial charge is 0.379 e. The van der Waals surface area contributed by atoms with E-state index in [9.17, 15) is 8.42 Å². The molecule has 0 aromatic rings. The summed E-state index contributed by atoms with van der Waals surface area (Å²) in [6.45, 7) is 3.70. The zero-order chi connectivity index (χ0) is 13.3. The van der Waals surface area contributed by atoms with Crippen LogP contribution in [-0.4, -0.2) is 75.4 Å². The third kappa shape index (κ3) is 2.65. The van der Waals surface area contributed by atoms with Crippen molar-refractivity contribution in [1.82, 2.24) is 8.61 Å². The minimum atomic E-state index is -3.42. The molecule has 19 heavy (non-hydrogen) atoms. The fraction of sp³-hybridized carbons (Fsp3) is 1.00. The molecule has 0 aromatic heterocycles. The summed E-state index contributed by atoms with van der Waals surface area (Å²) in [7, 11) is -3.42. The van der Waals surface area contributed by atoms with Gasteiger partial charge in [0.15, 0.2) is 5.79 Å². The van der Waals surface area contributed by atoms with Crippen LogP contribution in [0, 0.1) is 0 Å². The van der Waals surface area contributed by atoms with E-state index in [1.807, 2.05) is 0 Å². The number of piperidine rings is 1. The summed E-state index contributed by atoms with van der Waals surface area (Å²) in [6.07, 6.45) is 1.53. The maximum Gasteiger partial charge on any atom is 0.282 e. The Kier molecular flexibility index (Phi) is 3.80. The lowest BCUT2D eigenvalue weighted by Crippen LogP contribution is -2.56. The first-order valence-corrected chi connectivity index (χ1v) is 8.13. The molecule has 0 amide bonds. The van der Waals surface area contributed by atoms with Crippen molar-refractivity contribution in [3.8, 4) is 0 Å². The van der Waals surface area contributed by atoms with Crippen molar-refractivity contribution in [3.05, 3.63) is 0 Å². The van der Waals surface area contributed by atoms with Crippen molar-refractivity contribution in [3.63, 3.8) is 0 Å². The highest BCUT2D eigenvalue weighted by Crippen LogP contribution is 2.31. The second-order valence-corrected chi connectivity index (χ2v) is 6.99. The minimum Gasteiger partial charge on any atom is -0.379 e. The number of hydrogen-bond donors (Lipinski definition) is 0. The van der Waals surface area contributed by atoms with Gasteiger partial charge in [0, 0.05) is 26.1 Å². The molecule has 0 bridgehead atoms. The predicted molar refractivity (Wildman–Crippen MR) is 66.8 cm³/mol. The van der Waals surface area contributed by atoms with E-state index in [2.05, 4.69) is 0 Å². The summed E-state index contributed by atoms with van der Waals surface area (Å²) in [5.41, 5.74) is 0. The standard InChI is InChI=1S/C11H20N2O5S/c14-19(15,12-4-6-16-7-5-12)13-3-1-2-11(10-13)17-8-9-18-11/h1-10H2. The van der Waals surface area contributed by atoms with E-state index in [1.54, 1.807) is 0 Å². The van der Waals surface area contributed by atoms with Crippen molar-refractivity contribution in [1.29, 1.82) is 0 Å². The fourth-order valence-electron chi connectivity index (χ4n) is 2.82. The molecule has 3 heterocycles. The summed E-state index contributed by atoms with van der Waals surface area (Å²) in [6, 6.07) is 0. The normalized spacial score (nSPS) is 29.9. The molecule has 0 saturated carbocycles. The van der Waals surface area contributed by atoms with Gasteiger partial charge < -0.3 is 14.2 Å². The lowest BCUT2D eigenvalue weighted by molar-refractivity contribution is -0.179. The minimum absolute atomic E-state index is 0.298. The van der Waals surface area contributed by atoms with E-state index >= 15 is 0 Å². The van der Waals surface area contributed by atoms with Gasteiger partial charge in [0.2, 0.25) is 0 Å². The molecule has 3 aliphatic heterocycles. The van der Waals surface area contributed by atoms with Crippen LogP contribution in [0.2, 0.25) is 0 Å². The zero-order valence-electron chi connectivity index (χ0n) is 10.9. The molecule has 3 saturated heterocycles. The van der Waals surface area contributed by atoms with Crippen LogP contribution in [0.15, 0.2) is 0 Å². The first-order chi connectivity index (χ1) is 9.12. The molecule has 0 unspecified atom stereocenters. The lowest BCUT2D eigenvalue weighted by Gasteiger charge is -2.40. The molecular formula is C11H20N2O5S. The molecule has 3 aliphatic rings. The van der Waals surface area contributed by atoms with Gasteiger partial charge in [-0.3, -0.25) is 0 Å². The third-order valence-corrected chi connectivity index (χ3v) is 5.80. The van der Waals surface area contributed by atoms with Crippen LogP contribution in [-0.2, 0) is 24.4 Å². The molecule has 3 rings (SSSR count). The first kappa shape index (κ1) is 13.7. The SMILES string of the molecule is O=S(=O)(N1CCOCC1)N1CCCC2(C1)OCCO2. The fourth-order valence-corrected chi connectivity index (χ4v) is 4.48. The maximum atomic E-state index is 12.6. The Labute approximate surface area is 113 Å². The molecular weight excluding hydrogens is 272 g/mol. The van der Waals surface area contributed by atoms with Crippen LogP contribution in [0.1, 0.15) is 12.8 Å². The molecule has 1 spiro atoms. The zero-order valence-corrected chi connectivity index (χ0v) is 11.7. The van der Waals surface area contributed by atoms with Crippen LogP contribution in [0.4, 0.5) is 0 Å². The molecule has 0 aromatic carbocycles. The Bertz CT molecular complexity index is 415. The molecule has 0 N–H and O–H groups in total. The van der Waals surface area contributed by atoms with Gasteiger partial charge >= 0.3 is 0 Å². The van der Waals surface area contributed by atoms with Gasteiger partial charge in [0.05, 0.1) is 33.0 Å². The van der Waals surface area contributed by atoms with Gasteiger partial charge in [-0.2, -0.15) is 17.0 Å². The number of ether oxygens (including phenoxy) is 3. The molecule has 0 radical (unpaired) electrons. The topological polar surface area (TPSA) is 68.3 Å². The highest BCUT2D eigenvalue weighted by atomic mass is 32.2. The summed E-state index contributed by atoms with van der Waals surface area (Å²) in [5, 5.41) is 0. The Hall–Kier alpha value is -0.250. The van der Waals surface area contributed by atoms with Crippen LogP contribution < -0.4 is 0 Å². The molecule has 8 heteroatoms. The van der Waals surface area contributed by atoms with Crippen LogP contribution in [0.25, 0.3) is 0 Å². The average Bonchev–Trinajstić information content (AvgIpc) is 2.88. The number of nitrogens with zero attached hydrogens (tertiary/aromatic N) is 2. The van der Waals surface area contributed by atoms with E-state index in [0.29, 0.717) is 52.6 Å². The number of hydrogen-bond acceptors (Lipinski definition) is 5. The van der Waals surface area contributed by atoms with Gasteiger partial charge in [0.25, 0.3) is 10.2 Å². The maximum absolute atomic E-state index is 12.6. The summed E-state index contributed by atoms with van der Waals surface area (Å²) < 4.78 is 44.6. The number of rotatable bonds is 2. The van der Waals surface area contributed by atoms with E-state index in [-0.39, 0.29) is 0 Å². The van der Waals surface area contributed by atoms with Crippen molar-refractivity contribution < 1.29 is 22.6 Å². The molecule has 3 fully saturated rings. The number of morpholine rings is 1. The van der Waals surface area contributed by atoms with Crippen LogP contribution >= 0.6 is 0 Å². The second-order valence-electron chi connectivity index (χ2n) is 5.06. The van der Waals surface area contributed by atoms with Crippen LogP contribution in [0.3, 0.4) is 0 Å². The molecule has 0 aliphatic carbocycles. The van der Waals surface area contributed by atoms with Gasteiger partial charge in [-0.05, 0) is 6.42 Å². The van der Waals surface area contributed by atoms with Crippen molar-refractivity contribution >= 4 is 10.2 Å². The van der Waals surface area contributed by atoms with Gasteiger partial charge in [-0.1, -0.05) is 0 Å². The van der Waals surface area contributed by atoms with Gasteiger partial charge in [-0.25, -0.2) is 0 Å². The Morgan fingerprint density at radius 1 is 0.895 bits per heavy atom. The van der Waals surface area contributed by atoms with Crippen molar-refractivity contribution in [2.75, 3.05) is 52.6 Å². The van der Waals surface area contributed by atoms with E-state index in [4.69, 9.17) is 14.2 Å². The van der Waals surface area contributed by atoms with E-state index < -0.39 is 16.0 Å². The average molecular weight is 292 g/mol. The molecule has 0 atom stereocenters. The highest BCUT2D eigenvalue weighted by molar-refractivity contribution is 7.86. The van der Waals surface area contributed by atoms with Crippen molar-refractivity contribution in [2.45, 2.75) is 18.6 Å². The third-order valence-electron chi connectivity index (χ3n) is 3.82. The van der Waals surface area contributed by atoms with Crippen LogP contribution in [0.5, 0.6) is 0 Å². The summed E-state index contributed by atoms with van der Waals surface area (Å²) in [4.78, 5) is 0. The van der Waals surface area contributed by atoms with Gasteiger partial charge in [0.1, 0.15) is 0 Å². The monoisotopic (exact) mass is 292 g/mol. The molecule has 110 valence electrons. The highest BCUT2D eigenvalue weighted by Gasteiger charge is 2.45. The summed E-state index contributed by atoms with van der Waals surface area (Å²) >= 11 is 0. The Morgan fingerprint density at radius 2 is 1.58 bits per heavy atom. The van der Waals surface area contributed by atoms with E-state index in [0.717, 1.165) is 12.8 Å². The van der Waals surface area contributed by atoms with E-state index in [1.165, 1.54) is 8.61 Å². The van der Waals surface area contributed by atoms with Gasteiger partial charge in [-0.15, -0.1) is 0 Å².